The summed E-state index contributed by atoms with van der Waals surface area (Å²) in [7, 11) is -0.938. The summed E-state index contributed by atoms with van der Waals surface area (Å²) in [5.41, 5.74) is 2.14. The van der Waals surface area contributed by atoms with E-state index in [9.17, 15) is 4.21 Å². The van der Waals surface area contributed by atoms with E-state index in [1.165, 1.54) is 0 Å². The molecule has 1 aliphatic heterocycles. The van der Waals surface area contributed by atoms with Crippen LogP contribution in [0.2, 0.25) is 0 Å². The van der Waals surface area contributed by atoms with Gasteiger partial charge in [-0.1, -0.05) is 12.1 Å². The maximum atomic E-state index is 11.5. The van der Waals surface area contributed by atoms with E-state index in [4.69, 9.17) is 4.74 Å². The van der Waals surface area contributed by atoms with Crippen molar-refractivity contribution in [2.75, 3.05) is 42.8 Å². The van der Waals surface area contributed by atoms with Crippen LogP contribution in [0.1, 0.15) is 18.5 Å². The lowest BCUT2D eigenvalue weighted by Gasteiger charge is -2.28. The zero-order valence-corrected chi connectivity index (χ0v) is 14.9. The fraction of sp³-hybridized carbons (Fsp3) is 0.389. The molecule has 2 heterocycles. The molecule has 2 atom stereocenters. The summed E-state index contributed by atoms with van der Waals surface area (Å²) in [5.74, 6) is 0.992. The number of hydrogen-bond donors (Lipinski definition) is 1. The number of aromatic nitrogens is 1. The molecule has 1 aromatic carbocycles. The zero-order chi connectivity index (χ0) is 16.9. The third-order valence-electron chi connectivity index (χ3n) is 4.18. The second-order valence-electron chi connectivity index (χ2n) is 5.89. The first-order chi connectivity index (χ1) is 11.6. The summed E-state index contributed by atoms with van der Waals surface area (Å²) in [5, 5.41) is 3.46. The van der Waals surface area contributed by atoms with Gasteiger partial charge in [0.15, 0.2) is 0 Å². The van der Waals surface area contributed by atoms with Crippen molar-refractivity contribution in [3.8, 4) is 0 Å². The van der Waals surface area contributed by atoms with Crippen LogP contribution in [0.4, 0.5) is 11.5 Å². The van der Waals surface area contributed by atoms with Crippen LogP contribution in [0, 0.1) is 0 Å². The van der Waals surface area contributed by atoms with Crippen molar-refractivity contribution in [2.24, 2.45) is 0 Å². The first-order valence-corrected chi connectivity index (χ1v) is 9.68. The average molecular weight is 345 g/mol. The molecule has 1 fully saturated rings. The van der Waals surface area contributed by atoms with E-state index in [2.05, 4.69) is 28.2 Å². The number of pyridine rings is 1. The SMILES string of the molecule is C[C@@H](Nc1ccc(N2CCOCC2)nc1)c1ccc([S@](C)=O)cc1. The van der Waals surface area contributed by atoms with Gasteiger partial charge in [-0.25, -0.2) is 4.98 Å². The molecule has 0 amide bonds. The average Bonchev–Trinajstić information content (AvgIpc) is 2.63. The molecule has 6 heteroatoms. The molecule has 24 heavy (non-hydrogen) atoms. The molecular formula is C18H23N3O2S. The Balaban J connectivity index is 1.63. The second kappa shape index (κ2) is 7.77. The molecule has 0 bridgehead atoms. The van der Waals surface area contributed by atoms with Crippen LogP contribution >= 0.6 is 0 Å². The van der Waals surface area contributed by atoms with Gasteiger partial charge in [0.2, 0.25) is 0 Å². The van der Waals surface area contributed by atoms with E-state index in [0.717, 1.165) is 48.3 Å². The Kier molecular flexibility index (Phi) is 5.48. The summed E-state index contributed by atoms with van der Waals surface area (Å²) >= 11 is 0. The van der Waals surface area contributed by atoms with Crippen molar-refractivity contribution in [3.63, 3.8) is 0 Å². The van der Waals surface area contributed by atoms with Crippen LogP contribution in [0.5, 0.6) is 0 Å². The van der Waals surface area contributed by atoms with Crippen LogP contribution < -0.4 is 10.2 Å². The highest BCUT2D eigenvalue weighted by atomic mass is 32.2. The van der Waals surface area contributed by atoms with Gasteiger partial charge in [-0.3, -0.25) is 4.21 Å². The van der Waals surface area contributed by atoms with Crippen molar-refractivity contribution in [1.82, 2.24) is 4.98 Å². The topological polar surface area (TPSA) is 54.5 Å². The van der Waals surface area contributed by atoms with Gasteiger partial charge in [0.25, 0.3) is 0 Å². The third-order valence-corrected chi connectivity index (χ3v) is 5.11. The van der Waals surface area contributed by atoms with Gasteiger partial charge in [0.05, 0.1) is 25.1 Å². The smallest absolute Gasteiger partial charge is 0.128 e. The molecule has 0 unspecified atom stereocenters. The number of ether oxygens (including phenoxy) is 1. The Bertz CT molecular complexity index is 682. The first-order valence-electron chi connectivity index (χ1n) is 8.12. The van der Waals surface area contributed by atoms with Crippen LogP contribution in [0.3, 0.4) is 0 Å². The molecule has 0 saturated carbocycles. The minimum atomic E-state index is -0.938. The Hall–Kier alpha value is -1.92. The number of anilines is 2. The quantitative estimate of drug-likeness (QED) is 0.903. The molecule has 1 N–H and O–H groups in total. The highest BCUT2D eigenvalue weighted by molar-refractivity contribution is 7.84. The summed E-state index contributed by atoms with van der Waals surface area (Å²) < 4.78 is 16.8. The number of rotatable bonds is 5. The molecular weight excluding hydrogens is 322 g/mol. The van der Waals surface area contributed by atoms with Crippen LogP contribution in [0.25, 0.3) is 0 Å². The van der Waals surface area contributed by atoms with Crippen LogP contribution in [0.15, 0.2) is 47.5 Å². The van der Waals surface area contributed by atoms with Gasteiger partial charge in [-0.2, -0.15) is 0 Å². The molecule has 0 spiro atoms. The predicted molar refractivity (Wildman–Crippen MR) is 98.1 cm³/mol. The predicted octanol–water partition coefficient (Wildman–Crippen LogP) is 2.83. The van der Waals surface area contributed by atoms with E-state index < -0.39 is 10.8 Å². The molecule has 0 aliphatic carbocycles. The number of morpholine rings is 1. The third kappa shape index (κ3) is 4.13. The monoisotopic (exact) mass is 345 g/mol. The second-order valence-corrected chi connectivity index (χ2v) is 7.27. The van der Waals surface area contributed by atoms with Crippen LogP contribution in [-0.2, 0) is 15.5 Å². The Labute approximate surface area is 145 Å². The molecule has 3 rings (SSSR count). The summed E-state index contributed by atoms with van der Waals surface area (Å²) in [6, 6.07) is 12.1. The van der Waals surface area contributed by atoms with E-state index in [0.29, 0.717) is 0 Å². The minimum Gasteiger partial charge on any atom is -0.378 e. The summed E-state index contributed by atoms with van der Waals surface area (Å²) in [6.07, 6.45) is 3.56. The summed E-state index contributed by atoms with van der Waals surface area (Å²) in [6.45, 7) is 5.41. The lowest BCUT2D eigenvalue weighted by atomic mass is 10.1. The maximum absolute atomic E-state index is 11.5. The van der Waals surface area contributed by atoms with E-state index in [-0.39, 0.29) is 6.04 Å². The van der Waals surface area contributed by atoms with Gasteiger partial charge in [0, 0.05) is 41.1 Å². The highest BCUT2D eigenvalue weighted by Gasteiger charge is 2.12. The fourth-order valence-electron chi connectivity index (χ4n) is 2.73. The molecule has 0 radical (unpaired) electrons. The minimum absolute atomic E-state index is 0.153. The molecule has 1 aromatic heterocycles. The van der Waals surface area contributed by atoms with Crippen molar-refractivity contribution in [2.45, 2.75) is 17.9 Å². The Morgan fingerprint density at radius 1 is 1.17 bits per heavy atom. The molecule has 1 aliphatic rings. The molecule has 2 aromatic rings. The number of hydrogen-bond acceptors (Lipinski definition) is 5. The van der Waals surface area contributed by atoms with Crippen molar-refractivity contribution in [3.05, 3.63) is 48.2 Å². The van der Waals surface area contributed by atoms with Gasteiger partial charge < -0.3 is 15.0 Å². The molecule has 5 nitrogen and oxygen atoms in total. The summed E-state index contributed by atoms with van der Waals surface area (Å²) in [4.78, 5) is 7.64. The fourth-order valence-corrected chi connectivity index (χ4v) is 3.25. The highest BCUT2D eigenvalue weighted by Crippen LogP contribution is 2.21. The zero-order valence-electron chi connectivity index (χ0n) is 14.1. The van der Waals surface area contributed by atoms with Crippen molar-refractivity contribution in [1.29, 1.82) is 0 Å². The number of benzene rings is 1. The Morgan fingerprint density at radius 3 is 2.46 bits per heavy atom. The first kappa shape index (κ1) is 16.9. The number of nitrogens with one attached hydrogen (secondary N) is 1. The van der Waals surface area contributed by atoms with Crippen molar-refractivity contribution < 1.29 is 8.95 Å². The maximum Gasteiger partial charge on any atom is 0.128 e. The normalized spacial score (nSPS) is 17.3. The number of nitrogens with zero attached hydrogens (tertiary/aromatic N) is 2. The lowest BCUT2D eigenvalue weighted by molar-refractivity contribution is 0.122. The van der Waals surface area contributed by atoms with E-state index in [1.54, 1.807) is 6.26 Å². The largest absolute Gasteiger partial charge is 0.378 e. The van der Waals surface area contributed by atoms with Crippen molar-refractivity contribution >= 4 is 22.3 Å². The molecule has 1 saturated heterocycles. The standard InChI is InChI=1S/C18H23N3O2S/c1-14(15-3-6-17(7-4-15)24(2)22)20-16-5-8-18(19-13-16)21-9-11-23-12-10-21/h3-8,13-14,20H,9-12H2,1-2H3/t14-,24+/m1/s1. The Morgan fingerprint density at radius 2 is 1.88 bits per heavy atom. The van der Waals surface area contributed by atoms with Gasteiger partial charge in [0.1, 0.15) is 5.82 Å². The van der Waals surface area contributed by atoms with Crippen LogP contribution in [-0.4, -0.2) is 41.8 Å². The van der Waals surface area contributed by atoms with E-state index >= 15 is 0 Å². The van der Waals surface area contributed by atoms with E-state index in [1.807, 2.05) is 36.5 Å². The van der Waals surface area contributed by atoms with Gasteiger partial charge in [-0.15, -0.1) is 0 Å². The lowest BCUT2D eigenvalue weighted by Crippen LogP contribution is -2.36. The van der Waals surface area contributed by atoms with Gasteiger partial charge >= 0.3 is 0 Å². The van der Waals surface area contributed by atoms with Gasteiger partial charge in [-0.05, 0) is 36.8 Å². The molecule has 128 valence electrons.